The SMILES string of the molecule is Cc1cc(-c2c(C)ccc3c2-c2ccc4ccccc4c2C(C)(C)C3(C)C)[n+](C)cc1C1CCCCC1.Cc1cc(-c2ccc3c(c2C)-c2cc4ccccc4cc2C(C)(C)C3(C)C)[n+](C)c(C)c1C.Cc1cc[n+](C)c(-c2cc3c(cc2C)C(C)(C)C(C)(C)c2cc4cc(C)ccc4cc2-3)c1.Cc1ccc2c3c(ccc2c1)-c1ccc(C)c(-c2cc(C)c(C)c[n+]2C)c1CC3. The van der Waals surface area contributed by atoms with Crippen molar-refractivity contribution in [3.05, 3.63) is 353 Å². The predicted octanol–water partition coefficient (Wildman–Crippen LogP) is 30.9. The molecule has 0 bridgehead atoms. The standard InChI is InChI=1S/C36H42N.C32H36N.C31H34N.C28H28N/c1-23-17-20-30-33(32(23)31-21-24(2)29(22-37(31)7)25-13-9-8-10-14-25)28-19-18-26-15-11-12-16-27(26)34(28)36(5,6)35(30,3)4;1-19-16-29(33(9)22(4)20(19)2)25-14-15-27-30(21(25)3)26-17-23-12-10-11-13-24(23)18-28(26)32(7,8)31(27,5)6;1-19-9-10-22-16-25-26-18-24(29-14-20(2)11-12-32(29)8)21(3)15-27(26)30(4,5)31(6,7)28(25)17-23(22)13-19;1-17-6-9-22-21(14-17)8-11-24-23(22)12-13-26-25(24)10-7-18(2)28(26)27-15-19(3)20(4)16-29(27)5/h11-12,15-22,25H,8-10,13-14H2,1-7H3;10-18H,1-9H3;9-18H,1-8H3;6-11,14-16H,12-13H2,1-5H3/q4*+1. The lowest BCUT2D eigenvalue weighted by Crippen LogP contribution is -2.44. The summed E-state index contributed by atoms with van der Waals surface area (Å²) in [6.07, 6.45) is 15.9. The smallest absolute Gasteiger partial charge is 0.201 e. The van der Waals surface area contributed by atoms with Crippen LogP contribution in [0.2, 0.25) is 0 Å². The van der Waals surface area contributed by atoms with Gasteiger partial charge >= 0.3 is 0 Å². The van der Waals surface area contributed by atoms with Gasteiger partial charge in [-0.05, 0) is 355 Å². The van der Waals surface area contributed by atoms with Gasteiger partial charge in [0.1, 0.15) is 28.2 Å². The Morgan fingerprint density at radius 2 is 0.763 bits per heavy atom. The Labute approximate surface area is 783 Å². The molecule has 0 aliphatic heterocycles. The van der Waals surface area contributed by atoms with Crippen LogP contribution < -0.4 is 18.3 Å². The minimum atomic E-state index is -0.0163. The minimum Gasteiger partial charge on any atom is -0.201 e. The lowest BCUT2D eigenvalue weighted by molar-refractivity contribution is -0.667. The first-order valence-electron chi connectivity index (χ1n) is 48.7. The van der Waals surface area contributed by atoms with Crippen LogP contribution in [-0.4, -0.2) is 0 Å². The molecule has 0 atom stereocenters. The highest BCUT2D eigenvalue weighted by Crippen LogP contribution is 2.61. The van der Waals surface area contributed by atoms with E-state index in [-0.39, 0.29) is 32.5 Å². The van der Waals surface area contributed by atoms with E-state index in [1.54, 1.807) is 5.56 Å². The molecule has 5 aliphatic carbocycles. The molecule has 1 fully saturated rings. The van der Waals surface area contributed by atoms with Gasteiger partial charge in [0.15, 0.2) is 24.3 Å². The van der Waals surface area contributed by atoms with Gasteiger partial charge in [0.2, 0.25) is 22.8 Å². The van der Waals surface area contributed by atoms with Gasteiger partial charge in [0.25, 0.3) is 0 Å². The van der Waals surface area contributed by atoms with Crippen LogP contribution in [0.4, 0.5) is 0 Å². The molecular formula is C127H140N4+4. The number of hydrogen-bond donors (Lipinski definition) is 0. The van der Waals surface area contributed by atoms with Crippen LogP contribution in [0.3, 0.4) is 0 Å². The summed E-state index contributed by atoms with van der Waals surface area (Å²) >= 11 is 0. The van der Waals surface area contributed by atoms with Crippen molar-refractivity contribution in [3.63, 3.8) is 0 Å². The van der Waals surface area contributed by atoms with E-state index in [4.69, 9.17) is 0 Å². The molecule has 12 aromatic carbocycles. The van der Waals surface area contributed by atoms with Crippen molar-refractivity contribution < 1.29 is 18.3 Å². The molecule has 0 N–H and O–H groups in total. The van der Waals surface area contributed by atoms with E-state index in [1.165, 1.54) is 282 Å². The molecule has 4 aromatic heterocycles. The molecule has 16 aromatic rings. The summed E-state index contributed by atoms with van der Waals surface area (Å²) in [6.45, 7) is 58.2. The van der Waals surface area contributed by atoms with Crippen molar-refractivity contribution >= 4 is 43.1 Å². The summed E-state index contributed by atoms with van der Waals surface area (Å²) in [5.41, 5.74) is 52.9. The summed E-state index contributed by atoms with van der Waals surface area (Å²) < 4.78 is 9.32. The Balaban J connectivity index is 0.000000118. The normalized spacial score (nSPS) is 15.9. The first kappa shape index (κ1) is 89.9. The molecule has 4 heteroatoms. The first-order chi connectivity index (χ1) is 62.0. The average Bonchev–Trinajstić information content (AvgIpc) is 0.695. The molecule has 0 saturated heterocycles. The van der Waals surface area contributed by atoms with Gasteiger partial charge in [0.05, 0.1) is 11.1 Å². The minimum absolute atomic E-state index is 0.00827. The molecule has 664 valence electrons. The van der Waals surface area contributed by atoms with E-state index in [1.807, 2.05) is 0 Å². The third-order valence-corrected chi connectivity index (χ3v) is 34.5. The number of aryl methyl sites for hydroxylation is 14. The second-order valence-corrected chi connectivity index (χ2v) is 43.7. The number of fused-ring (bicyclic) bond motifs is 18. The quantitative estimate of drug-likeness (QED) is 0.153. The van der Waals surface area contributed by atoms with Crippen LogP contribution in [0, 0.1) is 90.0 Å². The lowest BCUT2D eigenvalue weighted by atomic mass is 9.54. The van der Waals surface area contributed by atoms with Crippen molar-refractivity contribution in [3.8, 4) is 89.5 Å². The van der Waals surface area contributed by atoms with Gasteiger partial charge in [-0.2, -0.15) is 4.57 Å². The van der Waals surface area contributed by atoms with Gasteiger partial charge in [0, 0.05) is 70.5 Å². The molecule has 21 rings (SSSR count). The van der Waals surface area contributed by atoms with Crippen LogP contribution >= 0.6 is 0 Å². The van der Waals surface area contributed by atoms with Gasteiger partial charge in [-0.15, -0.1) is 0 Å². The maximum Gasteiger partial charge on any atom is 0.213 e. The fourth-order valence-electron chi connectivity index (χ4n) is 23.9. The van der Waals surface area contributed by atoms with E-state index < -0.39 is 0 Å². The maximum atomic E-state index is 2.49. The third-order valence-electron chi connectivity index (χ3n) is 34.5. The number of nitrogens with zero attached hydrogens (tertiary/aromatic N) is 4. The van der Waals surface area contributed by atoms with Crippen LogP contribution in [-0.2, 0) is 73.5 Å². The van der Waals surface area contributed by atoms with Gasteiger partial charge in [-0.3, -0.25) is 0 Å². The number of rotatable bonds is 5. The molecule has 1 saturated carbocycles. The highest BCUT2D eigenvalue weighted by molar-refractivity contribution is 6.01. The third kappa shape index (κ3) is 14.7. The van der Waals surface area contributed by atoms with E-state index in [9.17, 15) is 0 Å². The molecule has 0 unspecified atom stereocenters. The fourth-order valence-corrected chi connectivity index (χ4v) is 23.9. The Kier molecular flexibility index (Phi) is 22.6. The fraction of sp³-hybridized carbons (Fsp3) is 0.339. The molecule has 4 nitrogen and oxygen atoms in total. The Morgan fingerprint density at radius 3 is 1.48 bits per heavy atom. The van der Waals surface area contributed by atoms with Gasteiger partial charge < -0.3 is 0 Å². The summed E-state index contributed by atoms with van der Waals surface area (Å²) in [7, 11) is 8.78. The van der Waals surface area contributed by atoms with Gasteiger partial charge in [-0.25, -0.2) is 13.7 Å². The van der Waals surface area contributed by atoms with E-state index in [0.29, 0.717) is 5.92 Å². The van der Waals surface area contributed by atoms with E-state index >= 15 is 0 Å². The summed E-state index contributed by atoms with van der Waals surface area (Å²) in [5, 5.41) is 10.8. The number of hydrogen-bond acceptors (Lipinski definition) is 0. The molecule has 0 radical (unpaired) electrons. The van der Waals surface area contributed by atoms with E-state index in [0.717, 1.165) is 12.8 Å². The second-order valence-electron chi connectivity index (χ2n) is 43.7. The number of aromatic nitrogens is 4. The summed E-state index contributed by atoms with van der Waals surface area (Å²) in [6, 6.07) is 81.3. The molecule has 0 spiro atoms. The number of benzene rings is 12. The first-order valence-corrected chi connectivity index (χ1v) is 48.7. The highest BCUT2D eigenvalue weighted by Gasteiger charge is 2.51. The highest BCUT2D eigenvalue weighted by atomic mass is 15.0. The Bertz CT molecular complexity index is 7430. The van der Waals surface area contributed by atoms with Crippen molar-refractivity contribution in [2.24, 2.45) is 28.2 Å². The zero-order chi connectivity index (χ0) is 93.3. The largest absolute Gasteiger partial charge is 0.213 e. The Hall–Kier alpha value is -11.7. The monoisotopic (exact) mass is 1720 g/mol. The molecule has 5 aliphatic rings. The summed E-state index contributed by atoms with van der Waals surface area (Å²) in [5.74, 6) is 0.714. The van der Waals surface area contributed by atoms with Crippen LogP contribution in [0.1, 0.15) is 244 Å². The van der Waals surface area contributed by atoms with Crippen molar-refractivity contribution in [2.45, 2.75) is 256 Å². The van der Waals surface area contributed by atoms with Crippen molar-refractivity contribution in [2.75, 3.05) is 0 Å². The molecular weight excluding hydrogens is 1580 g/mol. The van der Waals surface area contributed by atoms with Crippen LogP contribution in [0.25, 0.3) is 133 Å². The maximum absolute atomic E-state index is 2.49. The Morgan fingerprint density at radius 1 is 0.267 bits per heavy atom. The summed E-state index contributed by atoms with van der Waals surface area (Å²) in [4.78, 5) is 0. The average molecular weight is 1720 g/mol. The van der Waals surface area contributed by atoms with E-state index in [2.05, 4.69) is 450 Å². The molecule has 4 heterocycles. The number of pyridine rings is 4. The predicted molar refractivity (Wildman–Crippen MR) is 557 cm³/mol. The zero-order valence-corrected chi connectivity index (χ0v) is 84.3. The topological polar surface area (TPSA) is 15.5 Å². The van der Waals surface area contributed by atoms with Gasteiger partial charge in [-0.1, -0.05) is 259 Å². The van der Waals surface area contributed by atoms with Crippen LogP contribution in [0.5, 0.6) is 0 Å². The van der Waals surface area contributed by atoms with Crippen molar-refractivity contribution in [1.82, 2.24) is 0 Å². The molecule has 0 amide bonds. The zero-order valence-electron chi connectivity index (χ0n) is 84.3. The second kappa shape index (κ2) is 32.9. The molecule has 131 heavy (non-hydrogen) atoms. The lowest BCUT2D eigenvalue weighted by Gasteiger charge is -2.49. The van der Waals surface area contributed by atoms with Crippen molar-refractivity contribution in [1.29, 1.82) is 0 Å². The van der Waals surface area contributed by atoms with Crippen LogP contribution in [0.15, 0.2) is 231 Å².